The Hall–Kier alpha value is -1.06. The van der Waals surface area contributed by atoms with Crippen LogP contribution in [-0.2, 0) is 0 Å². The van der Waals surface area contributed by atoms with Crippen LogP contribution in [0.4, 0.5) is 0 Å². The molecule has 3 nitrogen and oxygen atoms in total. The Kier molecular flexibility index (Phi) is 4.97. The molecule has 0 spiro atoms. The first-order valence-corrected chi connectivity index (χ1v) is 5.98. The van der Waals surface area contributed by atoms with Gasteiger partial charge >= 0.3 is 0 Å². The highest BCUT2D eigenvalue weighted by molar-refractivity contribution is 5.44. The van der Waals surface area contributed by atoms with Crippen LogP contribution in [0.2, 0.25) is 0 Å². The van der Waals surface area contributed by atoms with Crippen molar-refractivity contribution in [1.29, 1.82) is 0 Å². The van der Waals surface area contributed by atoms with Gasteiger partial charge in [0.05, 0.1) is 13.2 Å². The van der Waals surface area contributed by atoms with Gasteiger partial charge in [-0.05, 0) is 41.7 Å². The predicted molar refractivity (Wildman–Crippen MR) is 68.5 cm³/mol. The highest BCUT2D eigenvalue weighted by Crippen LogP contribution is 2.32. The monoisotopic (exact) mass is 238 g/mol. The van der Waals surface area contributed by atoms with Gasteiger partial charge in [-0.15, -0.1) is 0 Å². The standard InChI is InChI=1S/C14H22O3/c1-9(2)11-8-12(13(16)5-6-15)10(3)7-14(11)17-4/h7-9,13,15-16H,5-6H2,1-4H3. The van der Waals surface area contributed by atoms with E-state index in [4.69, 9.17) is 9.84 Å². The molecule has 1 aromatic carbocycles. The van der Waals surface area contributed by atoms with Gasteiger partial charge in [0.15, 0.2) is 0 Å². The Morgan fingerprint density at radius 3 is 2.35 bits per heavy atom. The van der Waals surface area contributed by atoms with Crippen LogP contribution in [0, 0.1) is 6.92 Å². The van der Waals surface area contributed by atoms with Crippen molar-refractivity contribution in [1.82, 2.24) is 0 Å². The molecule has 0 aliphatic heterocycles. The average Bonchev–Trinajstić information content (AvgIpc) is 2.28. The lowest BCUT2D eigenvalue weighted by Gasteiger charge is -2.19. The van der Waals surface area contributed by atoms with Crippen molar-refractivity contribution < 1.29 is 14.9 Å². The summed E-state index contributed by atoms with van der Waals surface area (Å²) in [5, 5.41) is 18.9. The van der Waals surface area contributed by atoms with Gasteiger partial charge in [-0.1, -0.05) is 13.8 Å². The number of methoxy groups -OCH3 is 1. The predicted octanol–water partition coefficient (Wildman–Crippen LogP) is 2.54. The molecule has 0 amide bonds. The van der Waals surface area contributed by atoms with E-state index in [2.05, 4.69) is 13.8 Å². The SMILES string of the molecule is COc1cc(C)c(C(O)CCO)cc1C(C)C. The number of hydrogen-bond donors (Lipinski definition) is 2. The second kappa shape index (κ2) is 6.03. The van der Waals surface area contributed by atoms with Crippen molar-refractivity contribution in [2.75, 3.05) is 13.7 Å². The molecule has 0 saturated heterocycles. The molecule has 2 N–H and O–H groups in total. The van der Waals surface area contributed by atoms with E-state index in [1.807, 2.05) is 19.1 Å². The second-order valence-electron chi connectivity index (χ2n) is 4.63. The molecule has 0 heterocycles. The molecule has 0 aliphatic rings. The van der Waals surface area contributed by atoms with Crippen LogP contribution < -0.4 is 4.74 Å². The topological polar surface area (TPSA) is 49.7 Å². The van der Waals surface area contributed by atoms with Gasteiger partial charge in [0.25, 0.3) is 0 Å². The molecule has 96 valence electrons. The normalized spacial score (nSPS) is 12.9. The van der Waals surface area contributed by atoms with Gasteiger partial charge in [0.1, 0.15) is 5.75 Å². The van der Waals surface area contributed by atoms with Crippen molar-refractivity contribution in [3.05, 3.63) is 28.8 Å². The van der Waals surface area contributed by atoms with Crippen molar-refractivity contribution >= 4 is 0 Å². The minimum Gasteiger partial charge on any atom is -0.496 e. The molecule has 0 radical (unpaired) electrons. The van der Waals surface area contributed by atoms with Gasteiger partial charge in [-0.25, -0.2) is 0 Å². The molecule has 1 atom stereocenters. The third-order valence-electron chi connectivity index (χ3n) is 3.00. The van der Waals surface area contributed by atoms with Crippen molar-refractivity contribution in [3.63, 3.8) is 0 Å². The number of aryl methyl sites for hydroxylation is 1. The number of rotatable bonds is 5. The average molecular weight is 238 g/mol. The van der Waals surface area contributed by atoms with Gasteiger partial charge in [-0.3, -0.25) is 0 Å². The van der Waals surface area contributed by atoms with E-state index < -0.39 is 6.10 Å². The molecule has 1 rings (SSSR count). The molecular weight excluding hydrogens is 216 g/mol. The Bertz CT molecular complexity index is 372. The number of aliphatic hydroxyl groups excluding tert-OH is 2. The molecule has 0 fully saturated rings. The molecule has 0 saturated carbocycles. The van der Waals surface area contributed by atoms with E-state index in [9.17, 15) is 5.11 Å². The second-order valence-corrected chi connectivity index (χ2v) is 4.63. The molecule has 1 unspecified atom stereocenters. The third-order valence-corrected chi connectivity index (χ3v) is 3.00. The minimum atomic E-state index is -0.608. The largest absolute Gasteiger partial charge is 0.496 e. The maximum atomic E-state index is 9.97. The lowest BCUT2D eigenvalue weighted by Crippen LogP contribution is -2.05. The number of ether oxygens (including phenoxy) is 1. The van der Waals surface area contributed by atoms with Gasteiger partial charge in [0.2, 0.25) is 0 Å². The van der Waals surface area contributed by atoms with E-state index in [1.54, 1.807) is 7.11 Å². The highest BCUT2D eigenvalue weighted by atomic mass is 16.5. The quantitative estimate of drug-likeness (QED) is 0.828. The van der Waals surface area contributed by atoms with E-state index >= 15 is 0 Å². The molecular formula is C14H22O3. The maximum absolute atomic E-state index is 9.97. The fourth-order valence-corrected chi connectivity index (χ4v) is 1.98. The van der Waals surface area contributed by atoms with E-state index in [0.29, 0.717) is 12.3 Å². The summed E-state index contributed by atoms with van der Waals surface area (Å²) in [6.45, 7) is 6.12. The molecule has 0 aliphatic carbocycles. The first-order chi connectivity index (χ1) is 8.01. The Morgan fingerprint density at radius 2 is 1.88 bits per heavy atom. The summed E-state index contributed by atoms with van der Waals surface area (Å²) in [4.78, 5) is 0. The van der Waals surface area contributed by atoms with Crippen molar-refractivity contribution in [2.45, 2.75) is 39.2 Å². The highest BCUT2D eigenvalue weighted by Gasteiger charge is 2.15. The number of aliphatic hydroxyl groups is 2. The summed E-state index contributed by atoms with van der Waals surface area (Å²) >= 11 is 0. The van der Waals surface area contributed by atoms with Crippen molar-refractivity contribution in [2.24, 2.45) is 0 Å². The zero-order valence-corrected chi connectivity index (χ0v) is 11.0. The summed E-state index contributed by atoms with van der Waals surface area (Å²) in [6.07, 6.45) is -0.242. The summed E-state index contributed by atoms with van der Waals surface area (Å²) in [6, 6.07) is 3.93. The molecule has 0 bridgehead atoms. The Labute approximate surface area is 103 Å². The third kappa shape index (κ3) is 3.20. The van der Waals surface area contributed by atoms with E-state index in [0.717, 1.165) is 22.4 Å². The first-order valence-electron chi connectivity index (χ1n) is 5.98. The lowest BCUT2D eigenvalue weighted by molar-refractivity contribution is 0.133. The van der Waals surface area contributed by atoms with Crippen LogP contribution in [0.15, 0.2) is 12.1 Å². The van der Waals surface area contributed by atoms with Gasteiger partial charge in [0, 0.05) is 13.0 Å². The van der Waals surface area contributed by atoms with Crippen molar-refractivity contribution in [3.8, 4) is 5.75 Å². The summed E-state index contributed by atoms with van der Waals surface area (Å²) in [5.74, 6) is 1.20. The van der Waals surface area contributed by atoms with Crippen LogP contribution >= 0.6 is 0 Å². The summed E-state index contributed by atoms with van der Waals surface area (Å²) in [7, 11) is 1.66. The smallest absolute Gasteiger partial charge is 0.122 e. The Balaban J connectivity index is 3.19. The fraction of sp³-hybridized carbons (Fsp3) is 0.571. The van der Waals surface area contributed by atoms with Crippen LogP contribution in [0.5, 0.6) is 5.75 Å². The summed E-state index contributed by atoms with van der Waals surface area (Å²) in [5.41, 5.74) is 2.96. The van der Waals surface area contributed by atoms with Crippen LogP contribution in [0.1, 0.15) is 49.0 Å². The van der Waals surface area contributed by atoms with E-state index in [1.165, 1.54) is 0 Å². The van der Waals surface area contributed by atoms with E-state index in [-0.39, 0.29) is 6.61 Å². The molecule has 3 heteroatoms. The van der Waals surface area contributed by atoms with Gasteiger partial charge in [-0.2, -0.15) is 0 Å². The number of hydrogen-bond acceptors (Lipinski definition) is 3. The Morgan fingerprint density at radius 1 is 1.24 bits per heavy atom. The van der Waals surface area contributed by atoms with Crippen LogP contribution in [-0.4, -0.2) is 23.9 Å². The number of benzene rings is 1. The lowest BCUT2D eigenvalue weighted by atomic mass is 9.93. The zero-order chi connectivity index (χ0) is 13.0. The van der Waals surface area contributed by atoms with Crippen LogP contribution in [0.25, 0.3) is 0 Å². The molecule has 0 aromatic heterocycles. The maximum Gasteiger partial charge on any atom is 0.122 e. The van der Waals surface area contributed by atoms with Crippen LogP contribution in [0.3, 0.4) is 0 Å². The first kappa shape index (κ1) is 14.0. The fourth-order valence-electron chi connectivity index (χ4n) is 1.98. The minimum absolute atomic E-state index is 0.0103. The summed E-state index contributed by atoms with van der Waals surface area (Å²) < 4.78 is 5.35. The molecule has 17 heavy (non-hydrogen) atoms. The zero-order valence-electron chi connectivity index (χ0n) is 11.0. The molecule has 1 aromatic rings. The van der Waals surface area contributed by atoms with Gasteiger partial charge < -0.3 is 14.9 Å².